The SMILES string of the molecule is NCc1cnn(C2CCCC2)c1F. The molecule has 4 heteroatoms. The van der Waals surface area contributed by atoms with Crippen LogP contribution in [0.25, 0.3) is 0 Å². The molecule has 0 amide bonds. The Kier molecular flexibility index (Phi) is 2.31. The van der Waals surface area contributed by atoms with E-state index in [1.807, 2.05) is 0 Å². The van der Waals surface area contributed by atoms with Gasteiger partial charge in [-0.15, -0.1) is 0 Å². The molecule has 1 heterocycles. The Hall–Kier alpha value is -0.900. The summed E-state index contributed by atoms with van der Waals surface area (Å²) in [5.41, 5.74) is 5.89. The van der Waals surface area contributed by atoms with Crippen LogP contribution in [0.3, 0.4) is 0 Å². The van der Waals surface area contributed by atoms with E-state index in [0.29, 0.717) is 5.56 Å². The molecule has 1 aromatic heterocycles. The average molecular weight is 183 g/mol. The van der Waals surface area contributed by atoms with E-state index in [-0.39, 0.29) is 18.5 Å². The first kappa shape index (κ1) is 8.69. The van der Waals surface area contributed by atoms with Gasteiger partial charge in [0.25, 0.3) is 0 Å². The van der Waals surface area contributed by atoms with E-state index in [1.54, 1.807) is 0 Å². The molecule has 0 aliphatic heterocycles. The molecule has 3 nitrogen and oxygen atoms in total. The average Bonchev–Trinajstić information content (AvgIpc) is 2.72. The molecule has 1 aromatic rings. The van der Waals surface area contributed by atoms with E-state index < -0.39 is 0 Å². The highest BCUT2D eigenvalue weighted by Crippen LogP contribution is 2.29. The van der Waals surface area contributed by atoms with E-state index in [0.717, 1.165) is 12.8 Å². The highest BCUT2D eigenvalue weighted by Gasteiger charge is 2.21. The third kappa shape index (κ3) is 1.46. The number of aromatic nitrogens is 2. The van der Waals surface area contributed by atoms with E-state index in [4.69, 9.17) is 5.73 Å². The van der Waals surface area contributed by atoms with Crippen molar-refractivity contribution in [1.29, 1.82) is 0 Å². The molecule has 72 valence electrons. The van der Waals surface area contributed by atoms with Crippen molar-refractivity contribution in [2.24, 2.45) is 5.73 Å². The summed E-state index contributed by atoms with van der Waals surface area (Å²) in [5, 5.41) is 4.03. The lowest BCUT2D eigenvalue weighted by Crippen LogP contribution is -2.10. The van der Waals surface area contributed by atoms with Crippen LogP contribution < -0.4 is 5.73 Å². The maximum absolute atomic E-state index is 13.5. The molecule has 1 aliphatic rings. The van der Waals surface area contributed by atoms with Gasteiger partial charge in [0.2, 0.25) is 5.95 Å². The standard InChI is InChI=1S/C9H14FN3/c10-9-7(5-11)6-12-13(9)8-3-1-2-4-8/h6,8H,1-5,11H2. The minimum atomic E-state index is -0.241. The molecule has 0 saturated heterocycles. The van der Waals surface area contributed by atoms with Gasteiger partial charge < -0.3 is 5.73 Å². The normalized spacial score (nSPS) is 18.3. The second kappa shape index (κ2) is 3.46. The van der Waals surface area contributed by atoms with Gasteiger partial charge in [0, 0.05) is 12.1 Å². The number of nitrogens with zero attached hydrogens (tertiary/aromatic N) is 2. The smallest absolute Gasteiger partial charge is 0.216 e. The van der Waals surface area contributed by atoms with Gasteiger partial charge in [0.1, 0.15) is 0 Å². The van der Waals surface area contributed by atoms with Crippen LogP contribution in [0, 0.1) is 5.95 Å². The molecule has 0 spiro atoms. The highest BCUT2D eigenvalue weighted by atomic mass is 19.1. The Balaban J connectivity index is 2.24. The van der Waals surface area contributed by atoms with Crippen LogP contribution in [0.1, 0.15) is 37.3 Å². The van der Waals surface area contributed by atoms with Gasteiger partial charge in [-0.2, -0.15) is 9.49 Å². The molecule has 0 aromatic carbocycles. The fraction of sp³-hybridized carbons (Fsp3) is 0.667. The van der Waals surface area contributed by atoms with Crippen LogP contribution in [0.15, 0.2) is 6.20 Å². The predicted molar refractivity (Wildman–Crippen MR) is 47.6 cm³/mol. The second-order valence-electron chi connectivity index (χ2n) is 3.55. The molecule has 0 atom stereocenters. The van der Waals surface area contributed by atoms with E-state index in [2.05, 4.69) is 5.10 Å². The van der Waals surface area contributed by atoms with Gasteiger partial charge in [0.15, 0.2) is 0 Å². The summed E-state index contributed by atoms with van der Waals surface area (Å²) < 4.78 is 15.0. The Labute approximate surface area is 76.7 Å². The first-order valence-electron chi connectivity index (χ1n) is 4.75. The number of halogens is 1. The quantitative estimate of drug-likeness (QED) is 0.756. The number of rotatable bonds is 2. The summed E-state index contributed by atoms with van der Waals surface area (Å²) in [5.74, 6) is -0.241. The van der Waals surface area contributed by atoms with Crippen LogP contribution >= 0.6 is 0 Å². The molecule has 13 heavy (non-hydrogen) atoms. The number of hydrogen-bond donors (Lipinski definition) is 1. The van der Waals surface area contributed by atoms with Crippen molar-refractivity contribution in [3.8, 4) is 0 Å². The number of nitrogens with two attached hydrogens (primary N) is 1. The van der Waals surface area contributed by atoms with Gasteiger partial charge in [-0.1, -0.05) is 12.8 Å². The second-order valence-corrected chi connectivity index (χ2v) is 3.55. The molecule has 1 fully saturated rings. The summed E-state index contributed by atoms with van der Waals surface area (Å²) in [6, 6.07) is 0.264. The van der Waals surface area contributed by atoms with Crippen molar-refractivity contribution in [3.05, 3.63) is 17.7 Å². The van der Waals surface area contributed by atoms with Crippen molar-refractivity contribution in [1.82, 2.24) is 9.78 Å². The summed E-state index contributed by atoms with van der Waals surface area (Å²) in [6.45, 7) is 0.235. The molecular formula is C9H14FN3. The van der Waals surface area contributed by atoms with E-state index in [1.165, 1.54) is 23.7 Å². The number of hydrogen-bond acceptors (Lipinski definition) is 2. The minimum absolute atomic E-state index is 0.235. The van der Waals surface area contributed by atoms with Gasteiger partial charge in [-0.25, -0.2) is 4.68 Å². The summed E-state index contributed by atoms with van der Waals surface area (Å²) in [4.78, 5) is 0. The molecular weight excluding hydrogens is 169 g/mol. The maximum Gasteiger partial charge on any atom is 0.216 e. The monoisotopic (exact) mass is 183 g/mol. The summed E-state index contributed by atoms with van der Waals surface area (Å²) in [6.07, 6.45) is 5.99. The van der Waals surface area contributed by atoms with Crippen molar-refractivity contribution < 1.29 is 4.39 Å². The molecule has 0 radical (unpaired) electrons. The predicted octanol–water partition coefficient (Wildman–Crippen LogP) is 1.60. The fourth-order valence-corrected chi connectivity index (χ4v) is 1.92. The molecule has 1 aliphatic carbocycles. The van der Waals surface area contributed by atoms with Crippen LogP contribution in [-0.4, -0.2) is 9.78 Å². The van der Waals surface area contributed by atoms with E-state index in [9.17, 15) is 4.39 Å². The molecule has 1 saturated carbocycles. The zero-order valence-corrected chi connectivity index (χ0v) is 7.54. The Bertz CT molecular complexity index is 289. The van der Waals surface area contributed by atoms with Crippen LogP contribution in [0.2, 0.25) is 0 Å². The molecule has 0 bridgehead atoms. The third-order valence-corrected chi connectivity index (χ3v) is 2.69. The highest BCUT2D eigenvalue weighted by molar-refractivity contribution is 5.06. The van der Waals surface area contributed by atoms with E-state index >= 15 is 0 Å². The zero-order chi connectivity index (χ0) is 9.26. The van der Waals surface area contributed by atoms with Crippen molar-refractivity contribution >= 4 is 0 Å². The fourth-order valence-electron chi connectivity index (χ4n) is 1.92. The summed E-state index contributed by atoms with van der Waals surface area (Å²) >= 11 is 0. The largest absolute Gasteiger partial charge is 0.326 e. The maximum atomic E-state index is 13.5. The van der Waals surface area contributed by atoms with Gasteiger partial charge in [-0.3, -0.25) is 0 Å². The van der Waals surface area contributed by atoms with Crippen molar-refractivity contribution in [2.75, 3.05) is 0 Å². The third-order valence-electron chi connectivity index (χ3n) is 2.69. The topological polar surface area (TPSA) is 43.8 Å². The van der Waals surface area contributed by atoms with Gasteiger partial charge in [-0.05, 0) is 12.8 Å². The van der Waals surface area contributed by atoms with Gasteiger partial charge in [0.05, 0.1) is 12.2 Å². The lowest BCUT2D eigenvalue weighted by atomic mass is 10.2. The lowest BCUT2D eigenvalue weighted by Gasteiger charge is -2.09. The van der Waals surface area contributed by atoms with Crippen molar-refractivity contribution in [3.63, 3.8) is 0 Å². The van der Waals surface area contributed by atoms with Crippen molar-refractivity contribution in [2.45, 2.75) is 38.3 Å². The molecule has 0 unspecified atom stereocenters. The van der Waals surface area contributed by atoms with Crippen LogP contribution in [0.5, 0.6) is 0 Å². The Morgan fingerprint density at radius 1 is 1.54 bits per heavy atom. The Morgan fingerprint density at radius 2 is 2.23 bits per heavy atom. The zero-order valence-electron chi connectivity index (χ0n) is 7.54. The molecule has 2 rings (SSSR count). The lowest BCUT2D eigenvalue weighted by molar-refractivity contribution is 0.377. The molecule has 2 N–H and O–H groups in total. The Morgan fingerprint density at radius 3 is 2.77 bits per heavy atom. The van der Waals surface area contributed by atoms with Crippen LogP contribution in [-0.2, 0) is 6.54 Å². The van der Waals surface area contributed by atoms with Crippen LogP contribution in [0.4, 0.5) is 4.39 Å². The first-order valence-corrected chi connectivity index (χ1v) is 4.75. The minimum Gasteiger partial charge on any atom is -0.326 e. The first-order chi connectivity index (χ1) is 6.33. The van der Waals surface area contributed by atoms with Gasteiger partial charge >= 0.3 is 0 Å². The summed E-state index contributed by atoms with van der Waals surface area (Å²) in [7, 11) is 0.